The van der Waals surface area contributed by atoms with E-state index in [1.54, 1.807) is 0 Å². The second-order valence-corrected chi connectivity index (χ2v) is 7.46. The number of carboxylic acids is 1. The number of carboxylic acid groups (broad SMARTS) is 1. The maximum atomic E-state index is 12.9. The Morgan fingerprint density at radius 2 is 1.86 bits per heavy atom. The summed E-state index contributed by atoms with van der Waals surface area (Å²) in [5.74, 6) is -2.26. The van der Waals surface area contributed by atoms with E-state index in [1.165, 1.54) is 28.0 Å². The average Bonchev–Trinajstić information content (AvgIpc) is 3.30. The molecule has 148 valence electrons. The number of ether oxygens (including phenoxy) is 1. The third-order valence-electron chi connectivity index (χ3n) is 5.68. The zero-order valence-electron chi connectivity index (χ0n) is 15.4. The van der Waals surface area contributed by atoms with Crippen LogP contribution in [-0.2, 0) is 9.53 Å². The maximum absolute atomic E-state index is 12.9. The van der Waals surface area contributed by atoms with Gasteiger partial charge in [0, 0.05) is 18.7 Å². The van der Waals surface area contributed by atoms with Crippen LogP contribution < -0.4 is 0 Å². The standard InChI is InChI=1S/C20H22N2O6/c23-17(21-8-2-1-5-16(21)20(26)27)12-6-7-14-15(10-12)19(25)22(18(14)24)11-13-4-3-9-28-13/h6-7,10,13,16H,1-5,8-9,11H2,(H,26,27). The van der Waals surface area contributed by atoms with Crippen molar-refractivity contribution in [2.45, 2.75) is 44.2 Å². The van der Waals surface area contributed by atoms with Gasteiger partial charge in [-0.2, -0.15) is 0 Å². The van der Waals surface area contributed by atoms with Gasteiger partial charge in [-0.05, 0) is 50.3 Å². The third kappa shape index (κ3) is 3.17. The largest absolute Gasteiger partial charge is 0.480 e. The molecule has 8 heteroatoms. The molecule has 1 aromatic carbocycles. The normalized spacial score (nSPS) is 24.6. The molecule has 2 fully saturated rings. The molecule has 28 heavy (non-hydrogen) atoms. The minimum absolute atomic E-state index is 0.145. The minimum atomic E-state index is -1.02. The molecule has 2 unspecified atom stereocenters. The molecule has 0 bridgehead atoms. The molecular weight excluding hydrogens is 364 g/mol. The number of piperidine rings is 1. The smallest absolute Gasteiger partial charge is 0.326 e. The van der Waals surface area contributed by atoms with Gasteiger partial charge in [0.2, 0.25) is 0 Å². The first-order valence-electron chi connectivity index (χ1n) is 9.63. The molecule has 4 rings (SSSR count). The van der Waals surface area contributed by atoms with Crippen LogP contribution in [0.5, 0.6) is 0 Å². The summed E-state index contributed by atoms with van der Waals surface area (Å²) in [5, 5.41) is 9.40. The summed E-state index contributed by atoms with van der Waals surface area (Å²) in [6.07, 6.45) is 3.49. The lowest BCUT2D eigenvalue weighted by atomic mass is 9.99. The van der Waals surface area contributed by atoms with Crippen molar-refractivity contribution in [3.63, 3.8) is 0 Å². The lowest BCUT2D eigenvalue weighted by molar-refractivity contribution is -0.143. The van der Waals surface area contributed by atoms with Crippen LogP contribution in [0.3, 0.4) is 0 Å². The van der Waals surface area contributed by atoms with Gasteiger partial charge in [-0.25, -0.2) is 4.79 Å². The lowest BCUT2D eigenvalue weighted by Gasteiger charge is -2.33. The Hall–Kier alpha value is -2.74. The number of benzene rings is 1. The van der Waals surface area contributed by atoms with E-state index in [9.17, 15) is 24.3 Å². The van der Waals surface area contributed by atoms with Crippen LogP contribution in [0, 0.1) is 0 Å². The van der Waals surface area contributed by atoms with Crippen molar-refractivity contribution in [1.82, 2.24) is 9.80 Å². The number of amides is 3. The Morgan fingerprint density at radius 1 is 1.07 bits per heavy atom. The quantitative estimate of drug-likeness (QED) is 0.787. The van der Waals surface area contributed by atoms with Crippen LogP contribution in [-0.4, -0.2) is 70.4 Å². The zero-order valence-corrected chi connectivity index (χ0v) is 15.4. The van der Waals surface area contributed by atoms with E-state index in [0.717, 1.165) is 25.7 Å². The number of fused-ring (bicyclic) bond motifs is 1. The Bertz CT molecular complexity index is 845. The second kappa shape index (κ2) is 7.35. The molecule has 0 aromatic heterocycles. The lowest BCUT2D eigenvalue weighted by Crippen LogP contribution is -2.48. The number of carbonyl (C=O) groups excluding carboxylic acids is 3. The number of aliphatic carboxylic acids is 1. The molecule has 2 saturated heterocycles. The fourth-order valence-electron chi connectivity index (χ4n) is 4.18. The number of hydrogen-bond acceptors (Lipinski definition) is 5. The van der Waals surface area contributed by atoms with Crippen molar-refractivity contribution in [2.24, 2.45) is 0 Å². The van der Waals surface area contributed by atoms with Gasteiger partial charge >= 0.3 is 5.97 Å². The molecule has 3 heterocycles. The summed E-state index contributed by atoms with van der Waals surface area (Å²) in [4.78, 5) is 52.2. The van der Waals surface area contributed by atoms with E-state index in [-0.39, 0.29) is 35.2 Å². The molecule has 0 aliphatic carbocycles. The van der Waals surface area contributed by atoms with Crippen molar-refractivity contribution >= 4 is 23.7 Å². The van der Waals surface area contributed by atoms with Crippen molar-refractivity contribution in [1.29, 1.82) is 0 Å². The molecule has 0 spiro atoms. The van der Waals surface area contributed by atoms with Crippen molar-refractivity contribution < 1.29 is 29.0 Å². The predicted octanol–water partition coefficient (Wildman–Crippen LogP) is 1.54. The van der Waals surface area contributed by atoms with E-state index in [0.29, 0.717) is 19.6 Å². The molecule has 3 amide bonds. The first-order chi connectivity index (χ1) is 13.5. The maximum Gasteiger partial charge on any atom is 0.326 e. The molecule has 0 saturated carbocycles. The van der Waals surface area contributed by atoms with Crippen LogP contribution in [0.15, 0.2) is 18.2 Å². The molecule has 1 N–H and O–H groups in total. The summed E-state index contributed by atoms with van der Waals surface area (Å²) in [6, 6.07) is 3.54. The zero-order chi connectivity index (χ0) is 19.8. The summed E-state index contributed by atoms with van der Waals surface area (Å²) in [5.41, 5.74) is 0.692. The van der Waals surface area contributed by atoms with E-state index < -0.39 is 23.8 Å². The number of likely N-dealkylation sites (tertiary alicyclic amines) is 1. The van der Waals surface area contributed by atoms with E-state index in [2.05, 4.69) is 0 Å². The van der Waals surface area contributed by atoms with Crippen LogP contribution in [0.25, 0.3) is 0 Å². The molecule has 0 radical (unpaired) electrons. The average molecular weight is 386 g/mol. The van der Waals surface area contributed by atoms with Crippen molar-refractivity contribution in [2.75, 3.05) is 19.7 Å². The second-order valence-electron chi connectivity index (χ2n) is 7.46. The highest BCUT2D eigenvalue weighted by Crippen LogP contribution is 2.27. The highest BCUT2D eigenvalue weighted by atomic mass is 16.5. The van der Waals surface area contributed by atoms with Crippen LogP contribution >= 0.6 is 0 Å². The van der Waals surface area contributed by atoms with Gasteiger partial charge < -0.3 is 14.7 Å². The Labute approximate surface area is 162 Å². The molecule has 3 aliphatic rings. The van der Waals surface area contributed by atoms with Crippen molar-refractivity contribution in [3.8, 4) is 0 Å². The fourth-order valence-corrected chi connectivity index (χ4v) is 4.18. The van der Waals surface area contributed by atoms with Gasteiger partial charge in [0.05, 0.1) is 23.8 Å². The third-order valence-corrected chi connectivity index (χ3v) is 5.68. The van der Waals surface area contributed by atoms with Gasteiger partial charge in [0.25, 0.3) is 17.7 Å². The highest BCUT2D eigenvalue weighted by Gasteiger charge is 2.39. The van der Waals surface area contributed by atoms with Crippen LogP contribution in [0.2, 0.25) is 0 Å². The van der Waals surface area contributed by atoms with Crippen LogP contribution in [0.1, 0.15) is 63.2 Å². The summed E-state index contributed by atoms with van der Waals surface area (Å²) in [7, 11) is 0. The Kier molecular flexibility index (Phi) is 4.89. The van der Waals surface area contributed by atoms with Gasteiger partial charge in [-0.3, -0.25) is 19.3 Å². The monoisotopic (exact) mass is 386 g/mol. The van der Waals surface area contributed by atoms with Gasteiger partial charge in [0.1, 0.15) is 6.04 Å². The SMILES string of the molecule is O=C(O)C1CCCCN1C(=O)c1ccc2c(c1)C(=O)N(CC1CCCO1)C2=O. The summed E-state index contributed by atoms with van der Waals surface area (Å²) < 4.78 is 5.52. The van der Waals surface area contributed by atoms with E-state index in [4.69, 9.17) is 4.74 Å². The number of imide groups is 1. The van der Waals surface area contributed by atoms with Crippen molar-refractivity contribution in [3.05, 3.63) is 34.9 Å². The topological polar surface area (TPSA) is 104 Å². The van der Waals surface area contributed by atoms with Gasteiger partial charge in [-0.15, -0.1) is 0 Å². The van der Waals surface area contributed by atoms with Gasteiger partial charge in [-0.1, -0.05) is 0 Å². The number of rotatable bonds is 4. The molecule has 3 aliphatic heterocycles. The molecule has 2 atom stereocenters. The number of carbonyl (C=O) groups is 4. The molecular formula is C20H22N2O6. The molecule has 1 aromatic rings. The first kappa shape index (κ1) is 18.6. The highest BCUT2D eigenvalue weighted by molar-refractivity contribution is 6.22. The summed E-state index contributed by atoms with van der Waals surface area (Å²) >= 11 is 0. The first-order valence-corrected chi connectivity index (χ1v) is 9.63. The Morgan fingerprint density at radius 3 is 2.57 bits per heavy atom. The fraction of sp³-hybridized carbons (Fsp3) is 0.500. The van der Waals surface area contributed by atoms with Gasteiger partial charge in [0.15, 0.2) is 0 Å². The van der Waals surface area contributed by atoms with E-state index >= 15 is 0 Å². The summed E-state index contributed by atoms with van der Waals surface area (Å²) in [6.45, 7) is 1.21. The van der Waals surface area contributed by atoms with Crippen LogP contribution in [0.4, 0.5) is 0 Å². The predicted molar refractivity (Wildman–Crippen MR) is 97.1 cm³/mol. The number of nitrogens with zero attached hydrogens (tertiary/aromatic N) is 2. The minimum Gasteiger partial charge on any atom is -0.480 e. The van der Waals surface area contributed by atoms with E-state index in [1.807, 2.05) is 0 Å². The Balaban J connectivity index is 1.57. The number of hydrogen-bond donors (Lipinski definition) is 1. The molecule has 8 nitrogen and oxygen atoms in total.